The fourth-order valence-corrected chi connectivity index (χ4v) is 4.97. The number of ether oxygens (including phenoxy) is 1. The first-order chi connectivity index (χ1) is 19.9. The summed E-state index contributed by atoms with van der Waals surface area (Å²) in [6.07, 6.45) is -3.30. The third-order valence-electron chi connectivity index (χ3n) is 5.72. The molecule has 0 bridgehead atoms. The van der Waals surface area contributed by atoms with E-state index >= 15 is 0 Å². The number of nitrogens with one attached hydrogen (secondary N) is 2. The molecule has 12 heteroatoms. The molecule has 0 radical (unpaired) electrons. The number of benzene rings is 4. The van der Waals surface area contributed by atoms with E-state index in [0.717, 1.165) is 23.8 Å². The average Bonchev–Trinajstić information content (AvgIpc) is 2.94. The Kier molecular flexibility index (Phi) is 9.59. The van der Waals surface area contributed by atoms with Crippen LogP contribution in [0.4, 0.5) is 18.9 Å². The number of aryl methyl sites for hydroxylation is 1. The monoisotopic (exact) mass is 701 g/mol. The molecule has 0 aliphatic heterocycles. The highest BCUT2D eigenvalue weighted by molar-refractivity contribution is 9.11. The molecule has 2 N–H and O–H groups in total. The van der Waals surface area contributed by atoms with Crippen LogP contribution in [0.15, 0.2) is 99.0 Å². The minimum Gasteiger partial charge on any atom is -0.421 e. The van der Waals surface area contributed by atoms with Crippen molar-refractivity contribution in [3.05, 3.63) is 127 Å². The van der Waals surface area contributed by atoms with Gasteiger partial charge in [0.25, 0.3) is 11.8 Å². The molecule has 4 rings (SSSR count). The summed E-state index contributed by atoms with van der Waals surface area (Å²) < 4.78 is 45.7. The fraction of sp³-hybridized carbons (Fsp3) is 0.0667. The number of hydrazone groups is 1. The maximum atomic E-state index is 13.0. The maximum Gasteiger partial charge on any atom is 0.416 e. The van der Waals surface area contributed by atoms with Gasteiger partial charge in [0, 0.05) is 26.9 Å². The van der Waals surface area contributed by atoms with Crippen molar-refractivity contribution in [1.82, 2.24) is 5.43 Å². The second-order valence-corrected chi connectivity index (χ2v) is 10.6. The van der Waals surface area contributed by atoms with Gasteiger partial charge in [0.15, 0.2) is 5.75 Å². The second kappa shape index (κ2) is 13.1. The molecule has 42 heavy (non-hydrogen) atoms. The van der Waals surface area contributed by atoms with Gasteiger partial charge in [-0.15, -0.1) is 0 Å². The Morgan fingerprint density at radius 3 is 2.19 bits per heavy atom. The summed E-state index contributed by atoms with van der Waals surface area (Å²) in [6.45, 7) is 1.90. The predicted molar refractivity (Wildman–Crippen MR) is 159 cm³/mol. The Morgan fingerprint density at radius 1 is 0.833 bits per heavy atom. The standard InChI is InChI=1S/C30H20Br2F3N3O4/c1-17-8-10-18(11-9-17)29(41)42-26-21(13-23(31)15-25(26)32)16-36-38-28(40)20-5-3-7-24(14-20)37-27(39)19-4-2-6-22(12-19)30(33,34)35/h2-16H,1H3,(H,37,39)(H,38,40). The lowest BCUT2D eigenvalue weighted by Crippen LogP contribution is -2.19. The molecular formula is C30H20Br2F3N3O4. The largest absolute Gasteiger partial charge is 0.421 e. The van der Waals surface area contributed by atoms with E-state index in [1.807, 2.05) is 6.92 Å². The summed E-state index contributed by atoms with van der Waals surface area (Å²) in [6, 6.07) is 20.0. The Bertz CT molecular complexity index is 1690. The van der Waals surface area contributed by atoms with Crippen molar-refractivity contribution < 1.29 is 32.3 Å². The molecule has 2 amide bonds. The zero-order valence-corrected chi connectivity index (χ0v) is 24.8. The predicted octanol–water partition coefficient (Wildman–Crippen LogP) is 7.77. The van der Waals surface area contributed by atoms with Crippen molar-refractivity contribution in [1.29, 1.82) is 0 Å². The zero-order chi connectivity index (χ0) is 30.4. The second-order valence-electron chi connectivity index (χ2n) is 8.87. The lowest BCUT2D eigenvalue weighted by molar-refractivity contribution is -0.137. The molecule has 0 spiro atoms. The molecule has 0 saturated carbocycles. The van der Waals surface area contributed by atoms with E-state index in [2.05, 4.69) is 47.7 Å². The van der Waals surface area contributed by atoms with Gasteiger partial charge in [-0.05, 0) is 83.5 Å². The summed E-state index contributed by atoms with van der Waals surface area (Å²) >= 11 is 6.75. The van der Waals surface area contributed by atoms with Crippen LogP contribution in [0.25, 0.3) is 0 Å². The zero-order valence-electron chi connectivity index (χ0n) is 21.6. The molecule has 0 aromatic heterocycles. The summed E-state index contributed by atoms with van der Waals surface area (Å²) in [7, 11) is 0. The molecule has 0 heterocycles. The number of esters is 1. The Morgan fingerprint density at radius 2 is 1.50 bits per heavy atom. The Hall–Kier alpha value is -4.29. The highest BCUT2D eigenvalue weighted by Gasteiger charge is 2.31. The lowest BCUT2D eigenvalue weighted by Gasteiger charge is -2.11. The third kappa shape index (κ3) is 7.92. The molecule has 0 saturated heterocycles. The summed E-state index contributed by atoms with van der Waals surface area (Å²) in [5.74, 6) is -1.81. The van der Waals surface area contributed by atoms with Gasteiger partial charge in [-0.3, -0.25) is 9.59 Å². The number of carbonyl (C=O) groups excluding carboxylic acids is 3. The molecule has 0 unspecified atom stereocenters. The number of halogens is 5. The number of amides is 2. The number of rotatable bonds is 7. The average molecular weight is 703 g/mol. The Labute approximate surface area is 255 Å². The van der Waals surface area contributed by atoms with Crippen LogP contribution in [-0.4, -0.2) is 24.0 Å². The normalized spacial score (nSPS) is 11.3. The van der Waals surface area contributed by atoms with E-state index in [9.17, 15) is 27.6 Å². The molecule has 7 nitrogen and oxygen atoms in total. The molecule has 4 aromatic rings. The first-order valence-corrected chi connectivity index (χ1v) is 13.7. The van der Waals surface area contributed by atoms with E-state index in [1.54, 1.807) is 36.4 Å². The van der Waals surface area contributed by atoms with Gasteiger partial charge in [0.1, 0.15) is 0 Å². The molecule has 0 fully saturated rings. The molecular weight excluding hydrogens is 683 g/mol. The van der Waals surface area contributed by atoms with Gasteiger partial charge in [0.2, 0.25) is 0 Å². The van der Waals surface area contributed by atoms with Gasteiger partial charge in [-0.2, -0.15) is 18.3 Å². The summed E-state index contributed by atoms with van der Waals surface area (Å²) in [5.41, 5.74) is 3.25. The van der Waals surface area contributed by atoms with Crippen LogP contribution in [0.1, 0.15) is 47.8 Å². The minimum absolute atomic E-state index is 0.121. The van der Waals surface area contributed by atoms with Crippen molar-refractivity contribution in [3.63, 3.8) is 0 Å². The van der Waals surface area contributed by atoms with Gasteiger partial charge < -0.3 is 10.1 Å². The van der Waals surface area contributed by atoms with Crippen LogP contribution in [0.2, 0.25) is 0 Å². The number of alkyl halides is 3. The van der Waals surface area contributed by atoms with E-state index in [-0.39, 0.29) is 22.6 Å². The van der Waals surface area contributed by atoms with Crippen LogP contribution in [0.5, 0.6) is 5.75 Å². The molecule has 0 aliphatic carbocycles. The van der Waals surface area contributed by atoms with Gasteiger partial charge in [0.05, 0.1) is 21.8 Å². The topological polar surface area (TPSA) is 96.9 Å². The first-order valence-electron chi connectivity index (χ1n) is 12.1. The number of nitrogens with zero attached hydrogens (tertiary/aromatic N) is 1. The van der Waals surface area contributed by atoms with Gasteiger partial charge in [-0.25, -0.2) is 10.2 Å². The highest BCUT2D eigenvalue weighted by Crippen LogP contribution is 2.33. The minimum atomic E-state index is -4.59. The Balaban J connectivity index is 1.46. The quantitative estimate of drug-likeness (QED) is 0.0890. The third-order valence-corrected chi connectivity index (χ3v) is 6.77. The summed E-state index contributed by atoms with van der Waals surface area (Å²) in [5, 5.41) is 6.46. The van der Waals surface area contributed by atoms with Crippen molar-refractivity contribution >= 4 is 61.5 Å². The number of hydrogen-bond acceptors (Lipinski definition) is 5. The highest BCUT2D eigenvalue weighted by atomic mass is 79.9. The maximum absolute atomic E-state index is 13.0. The number of carbonyl (C=O) groups is 3. The van der Waals surface area contributed by atoms with Gasteiger partial charge >= 0.3 is 12.1 Å². The van der Waals surface area contributed by atoms with Crippen LogP contribution in [0, 0.1) is 6.92 Å². The van der Waals surface area contributed by atoms with Crippen LogP contribution < -0.4 is 15.5 Å². The van der Waals surface area contributed by atoms with Crippen LogP contribution >= 0.6 is 31.9 Å². The van der Waals surface area contributed by atoms with Crippen molar-refractivity contribution in [3.8, 4) is 5.75 Å². The van der Waals surface area contributed by atoms with E-state index < -0.39 is 29.5 Å². The van der Waals surface area contributed by atoms with E-state index in [0.29, 0.717) is 20.1 Å². The molecule has 214 valence electrons. The summed E-state index contributed by atoms with van der Waals surface area (Å²) in [4.78, 5) is 38.0. The van der Waals surface area contributed by atoms with Crippen molar-refractivity contribution in [2.75, 3.05) is 5.32 Å². The molecule has 4 aromatic carbocycles. The van der Waals surface area contributed by atoms with Gasteiger partial charge in [-0.1, -0.05) is 45.8 Å². The number of hydrogen-bond donors (Lipinski definition) is 2. The SMILES string of the molecule is Cc1ccc(C(=O)Oc2c(Br)cc(Br)cc2C=NNC(=O)c2cccc(NC(=O)c3cccc(C(F)(F)F)c3)c2)cc1. The number of anilines is 1. The molecule has 0 aliphatic rings. The lowest BCUT2D eigenvalue weighted by atomic mass is 10.1. The van der Waals surface area contributed by atoms with E-state index in [4.69, 9.17) is 4.74 Å². The molecule has 0 atom stereocenters. The van der Waals surface area contributed by atoms with Crippen molar-refractivity contribution in [2.24, 2.45) is 5.10 Å². The van der Waals surface area contributed by atoms with E-state index in [1.165, 1.54) is 36.5 Å². The van der Waals surface area contributed by atoms with Crippen LogP contribution in [-0.2, 0) is 6.18 Å². The first kappa shape index (κ1) is 30.7. The smallest absolute Gasteiger partial charge is 0.416 e. The fourth-order valence-electron chi connectivity index (χ4n) is 3.63. The van der Waals surface area contributed by atoms with Crippen LogP contribution in [0.3, 0.4) is 0 Å². The van der Waals surface area contributed by atoms with Crippen molar-refractivity contribution in [2.45, 2.75) is 13.1 Å².